The molecule has 0 spiro atoms. The average molecular weight is 327 g/mol. The van der Waals surface area contributed by atoms with Crippen LogP contribution in [0.1, 0.15) is 45.6 Å². The minimum Gasteiger partial charge on any atom is -0.493 e. The molecule has 0 atom stereocenters. The van der Waals surface area contributed by atoms with Crippen LogP contribution in [0.5, 0.6) is 5.88 Å². The highest BCUT2D eigenvalue weighted by Crippen LogP contribution is 2.18. The molecule has 1 aromatic rings. The van der Waals surface area contributed by atoms with Crippen LogP contribution in [0.4, 0.5) is 0 Å². The summed E-state index contributed by atoms with van der Waals surface area (Å²) in [5.74, 6) is 0.264. The Bertz CT molecular complexity index is 543. The maximum Gasteiger partial charge on any atom is 0.258 e. The van der Waals surface area contributed by atoms with Crippen molar-refractivity contribution in [1.29, 1.82) is 0 Å². The zero-order valence-corrected chi connectivity index (χ0v) is 14.3. The molecule has 0 saturated heterocycles. The lowest BCUT2D eigenvalue weighted by Crippen LogP contribution is -2.26. The second-order valence-electron chi connectivity index (χ2n) is 5.60. The van der Waals surface area contributed by atoms with Crippen LogP contribution in [0.25, 0.3) is 0 Å². The number of amides is 1. The summed E-state index contributed by atoms with van der Waals surface area (Å²) in [7, 11) is 0. The highest BCUT2D eigenvalue weighted by molar-refractivity contribution is 7.99. The number of carbonyl (C=O) groups is 1. The summed E-state index contributed by atoms with van der Waals surface area (Å²) in [4.78, 5) is 30.1. The molecule has 6 nitrogen and oxygen atoms in total. The molecule has 0 aliphatic carbocycles. The van der Waals surface area contributed by atoms with E-state index in [2.05, 4.69) is 36.1 Å². The monoisotopic (exact) mass is 327 g/mol. The van der Waals surface area contributed by atoms with Gasteiger partial charge in [0.15, 0.2) is 5.16 Å². The number of aromatic hydroxyl groups is 1. The van der Waals surface area contributed by atoms with E-state index >= 15 is 0 Å². The fourth-order valence-corrected chi connectivity index (χ4v) is 2.47. The fraction of sp³-hybridized carbons (Fsp3) is 0.667. The molecular weight excluding hydrogens is 302 g/mol. The molecule has 0 fully saturated rings. The molecule has 3 N–H and O–H groups in total. The molecular formula is C15H25N3O3S. The van der Waals surface area contributed by atoms with E-state index in [4.69, 9.17) is 0 Å². The highest BCUT2D eigenvalue weighted by Gasteiger charge is 2.12. The largest absolute Gasteiger partial charge is 0.493 e. The quantitative estimate of drug-likeness (QED) is 0.367. The minimum atomic E-state index is -0.331. The molecule has 22 heavy (non-hydrogen) atoms. The van der Waals surface area contributed by atoms with E-state index in [1.165, 1.54) is 0 Å². The smallest absolute Gasteiger partial charge is 0.258 e. The van der Waals surface area contributed by atoms with Crippen LogP contribution in [0.15, 0.2) is 9.95 Å². The Labute approximate surface area is 135 Å². The summed E-state index contributed by atoms with van der Waals surface area (Å²) in [6, 6.07) is 0. The topological polar surface area (TPSA) is 95.1 Å². The molecule has 0 saturated carbocycles. The van der Waals surface area contributed by atoms with Gasteiger partial charge in [0.25, 0.3) is 5.56 Å². The Morgan fingerprint density at radius 2 is 2.18 bits per heavy atom. The van der Waals surface area contributed by atoms with Crippen LogP contribution >= 0.6 is 11.8 Å². The molecule has 1 rings (SSSR count). The second kappa shape index (κ2) is 9.50. The molecule has 1 amide bonds. The van der Waals surface area contributed by atoms with Crippen molar-refractivity contribution in [2.45, 2.75) is 51.6 Å². The first-order valence-electron chi connectivity index (χ1n) is 7.65. The van der Waals surface area contributed by atoms with Crippen molar-refractivity contribution >= 4 is 17.7 Å². The Morgan fingerprint density at radius 3 is 2.77 bits per heavy atom. The zero-order valence-electron chi connectivity index (χ0n) is 13.4. The van der Waals surface area contributed by atoms with Gasteiger partial charge in [0.1, 0.15) is 0 Å². The van der Waals surface area contributed by atoms with E-state index in [9.17, 15) is 14.7 Å². The lowest BCUT2D eigenvalue weighted by atomic mass is 10.0. The van der Waals surface area contributed by atoms with Gasteiger partial charge >= 0.3 is 0 Å². The first-order valence-corrected chi connectivity index (χ1v) is 8.64. The van der Waals surface area contributed by atoms with E-state index in [1.54, 1.807) is 0 Å². The van der Waals surface area contributed by atoms with Gasteiger partial charge in [-0.05, 0) is 25.2 Å². The number of H-pyrrole nitrogens is 1. The molecule has 1 aromatic heterocycles. The maximum atomic E-state index is 12.0. The molecule has 0 bridgehead atoms. The lowest BCUT2D eigenvalue weighted by Gasteiger charge is -2.07. The third-order valence-corrected chi connectivity index (χ3v) is 4.01. The molecule has 7 heteroatoms. The molecule has 1 heterocycles. The zero-order chi connectivity index (χ0) is 16.5. The third kappa shape index (κ3) is 6.51. The number of hydrogen-bond acceptors (Lipinski definition) is 5. The Kier molecular flexibility index (Phi) is 8.01. The van der Waals surface area contributed by atoms with Gasteiger partial charge in [-0.25, -0.2) is 0 Å². The van der Waals surface area contributed by atoms with E-state index in [-0.39, 0.29) is 28.3 Å². The number of aromatic nitrogens is 2. The van der Waals surface area contributed by atoms with Gasteiger partial charge in [0.2, 0.25) is 11.8 Å². The SMILES string of the molecule is CCCCNC(=O)CSc1nc(O)c(CCC(C)C)c(=O)[nH]1. The van der Waals surface area contributed by atoms with Crippen molar-refractivity contribution in [3.8, 4) is 5.88 Å². The van der Waals surface area contributed by atoms with Crippen LogP contribution in [-0.2, 0) is 11.2 Å². The minimum absolute atomic E-state index is 0.107. The number of thioether (sulfide) groups is 1. The van der Waals surface area contributed by atoms with Crippen LogP contribution in [0.2, 0.25) is 0 Å². The first kappa shape index (κ1) is 18.5. The molecule has 0 aromatic carbocycles. The Morgan fingerprint density at radius 1 is 1.45 bits per heavy atom. The molecule has 124 valence electrons. The lowest BCUT2D eigenvalue weighted by molar-refractivity contribution is -0.118. The fourth-order valence-electron chi connectivity index (χ4n) is 1.78. The van der Waals surface area contributed by atoms with E-state index in [0.717, 1.165) is 31.0 Å². The van der Waals surface area contributed by atoms with Gasteiger partial charge in [-0.15, -0.1) is 0 Å². The Balaban J connectivity index is 2.59. The van der Waals surface area contributed by atoms with Gasteiger partial charge < -0.3 is 15.4 Å². The standard InChI is InChI=1S/C15H25N3O3S/c1-4-5-8-16-12(19)9-22-15-17-13(20)11(14(21)18-15)7-6-10(2)3/h10H,4-9H2,1-3H3,(H,16,19)(H2,17,18,20,21). The van der Waals surface area contributed by atoms with Gasteiger partial charge in [-0.2, -0.15) is 4.98 Å². The number of aromatic amines is 1. The van der Waals surface area contributed by atoms with Crippen LogP contribution in [0.3, 0.4) is 0 Å². The Hall–Kier alpha value is -1.50. The summed E-state index contributed by atoms with van der Waals surface area (Å²) in [5, 5.41) is 12.9. The van der Waals surface area contributed by atoms with Gasteiger partial charge in [-0.3, -0.25) is 9.59 Å². The van der Waals surface area contributed by atoms with Crippen LogP contribution in [-0.4, -0.2) is 33.3 Å². The number of hydrogen-bond donors (Lipinski definition) is 3. The maximum absolute atomic E-state index is 12.0. The summed E-state index contributed by atoms with van der Waals surface area (Å²) in [6.45, 7) is 6.82. The first-order chi connectivity index (χ1) is 10.4. The molecule has 0 aliphatic rings. The normalized spacial score (nSPS) is 10.9. The summed E-state index contributed by atoms with van der Waals surface area (Å²) >= 11 is 1.11. The van der Waals surface area contributed by atoms with Crippen molar-refractivity contribution in [3.63, 3.8) is 0 Å². The van der Waals surface area contributed by atoms with E-state index in [0.29, 0.717) is 24.4 Å². The van der Waals surface area contributed by atoms with E-state index in [1.807, 2.05) is 0 Å². The summed E-state index contributed by atoms with van der Waals surface area (Å²) < 4.78 is 0. The van der Waals surface area contributed by atoms with Crippen molar-refractivity contribution < 1.29 is 9.90 Å². The number of nitrogens with zero attached hydrogens (tertiary/aromatic N) is 1. The van der Waals surface area contributed by atoms with Gasteiger partial charge in [-0.1, -0.05) is 39.0 Å². The summed E-state index contributed by atoms with van der Waals surface area (Å²) in [6.07, 6.45) is 3.27. The van der Waals surface area contributed by atoms with Gasteiger partial charge in [0.05, 0.1) is 11.3 Å². The number of carbonyl (C=O) groups excluding carboxylic acids is 1. The molecule has 0 radical (unpaired) electrons. The number of unbranched alkanes of at least 4 members (excludes halogenated alkanes) is 1. The predicted molar refractivity (Wildman–Crippen MR) is 88.3 cm³/mol. The summed E-state index contributed by atoms with van der Waals surface area (Å²) in [5.41, 5.74) is -0.0208. The second-order valence-corrected chi connectivity index (χ2v) is 6.56. The third-order valence-electron chi connectivity index (χ3n) is 3.14. The molecule has 0 unspecified atom stereocenters. The van der Waals surface area contributed by atoms with E-state index < -0.39 is 0 Å². The predicted octanol–water partition coefficient (Wildman–Crippen LogP) is 2.07. The van der Waals surface area contributed by atoms with Crippen molar-refractivity contribution in [1.82, 2.24) is 15.3 Å². The number of nitrogens with one attached hydrogen (secondary N) is 2. The van der Waals surface area contributed by atoms with Crippen molar-refractivity contribution in [2.75, 3.05) is 12.3 Å². The van der Waals surface area contributed by atoms with Crippen molar-refractivity contribution in [3.05, 3.63) is 15.9 Å². The highest BCUT2D eigenvalue weighted by atomic mass is 32.2. The number of rotatable bonds is 9. The average Bonchev–Trinajstić information content (AvgIpc) is 2.44. The van der Waals surface area contributed by atoms with Crippen LogP contribution in [0, 0.1) is 5.92 Å². The van der Waals surface area contributed by atoms with Crippen LogP contribution < -0.4 is 10.9 Å². The molecule has 0 aliphatic heterocycles. The van der Waals surface area contributed by atoms with Gasteiger partial charge in [0, 0.05) is 6.54 Å². The van der Waals surface area contributed by atoms with Crippen molar-refractivity contribution in [2.24, 2.45) is 5.92 Å².